The van der Waals surface area contributed by atoms with Crippen LogP contribution in [0.2, 0.25) is 0 Å². The van der Waals surface area contributed by atoms with E-state index in [-0.39, 0.29) is 11.2 Å². The first-order valence-corrected chi connectivity index (χ1v) is 12.0. The summed E-state index contributed by atoms with van der Waals surface area (Å²) in [5.74, 6) is 0.154. The predicted molar refractivity (Wildman–Crippen MR) is 130 cm³/mol. The van der Waals surface area contributed by atoms with Crippen molar-refractivity contribution in [2.45, 2.75) is 23.7 Å². The molecule has 0 radical (unpaired) electrons. The molecular formula is C25H26N6OS. The van der Waals surface area contributed by atoms with Gasteiger partial charge in [-0.3, -0.25) is 9.69 Å². The molecule has 2 aromatic heterocycles. The first kappa shape index (κ1) is 21.6. The Morgan fingerprint density at radius 3 is 2.39 bits per heavy atom. The highest BCUT2D eigenvalue weighted by atomic mass is 32.2. The Morgan fingerprint density at radius 2 is 1.67 bits per heavy atom. The quantitative estimate of drug-likeness (QED) is 0.325. The minimum atomic E-state index is -0.233. The van der Waals surface area contributed by atoms with Crippen molar-refractivity contribution in [2.75, 3.05) is 26.2 Å². The van der Waals surface area contributed by atoms with Gasteiger partial charge in [0.15, 0.2) is 5.65 Å². The molecule has 3 heterocycles. The van der Waals surface area contributed by atoms with E-state index in [1.54, 1.807) is 17.2 Å². The van der Waals surface area contributed by atoms with Gasteiger partial charge in [-0.1, -0.05) is 60.3 Å². The summed E-state index contributed by atoms with van der Waals surface area (Å²) in [7, 11) is 0. The average Bonchev–Trinajstić information content (AvgIpc) is 3.30. The second-order valence-electron chi connectivity index (χ2n) is 8.16. The summed E-state index contributed by atoms with van der Waals surface area (Å²) in [6.45, 7) is 6.17. The van der Waals surface area contributed by atoms with Gasteiger partial charge in [-0.05, 0) is 24.6 Å². The summed E-state index contributed by atoms with van der Waals surface area (Å²) >= 11 is 1.48. The number of carbonyl (C=O) groups is 1. The number of aromatic nitrogens is 4. The van der Waals surface area contributed by atoms with Crippen molar-refractivity contribution in [1.82, 2.24) is 29.5 Å². The zero-order chi connectivity index (χ0) is 22.6. The van der Waals surface area contributed by atoms with Gasteiger partial charge in [0.2, 0.25) is 5.91 Å². The van der Waals surface area contributed by atoms with Crippen molar-refractivity contribution in [2.24, 2.45) is 0 Å². The van der Waals surface area contributed by atoms with E-state index in [9.17, 15) is 4.79 Å². The van der Waals surface area contributed by atoms with Crippen LogP contribution < -0.4 is 0 Å². The minimum Gasteiger partial charge on any atom is -0.339 e. The van der Waals surface area contributed by atoms with E-state index in [1.165, 1.54) is 17.3 Å². The molecule has 0 saturated carbocycles. The van der Waals surface area contributed by atoms with Crippen LogP contribution in [0.3, 0.4) is 0 Å². The molecule has 1 aliphatic rings. The first-order chi connectivity index (χ1) is 16.2. The Hall–Kier alpha value is -3.23. The average molecular weight is 459 g/mol. The highest BCUT2D eigenvalue weighted by molar-refractivity contribution is 8.00. The molecule has 0 aliphatic carbocycles. The zero-order valence-corrected chi connectivity index (χ0v) is 19.4. The number of carbonyl (C=O) groups excluding carboxylic acids is 1. The minimum absolute atomic E-state index is 0.154. The number of benzene rings is 2. The molecule has 1 saturated heterocycles. The summed E-state index contributed by atoms with van der Waals surface area (Å²) in [6.07, 6.45) is 3.33. The topological polar surface area (TPSA) is 67.2 Å². The Labute approximate surface area is 197 Å². The molecule has 33 heavy (non-hydrogen) atoms. The van der Waals surface area contributed by atoms with E-state index in [4.69, 9.17) is 0 Å². The molecule has 7 nitrogen and oxygen atoms in total. The number of para-hydroxylation sites is 1. The van der Waals surface area contributed by atoms with Gasteiger partial charge >= 0.3 is 0 Å². The lowest BCUT2D eigenvalue weighted by Crippen LogP contribution is -2.50. The third kappa shape index (κ3) is 4.77. The Kier molecular flexibility index (Phi) is 6.37. The van der Waals surface area contributed by atoms with E-state index >= 15 is 0 Å². The van der Waals surface area contributed by atoms with Gasteiger partial charge in [0, 0.05) is 32.7 Å². The summed E-state index contributed by atoms with van der Waals surface area (Å²) in [5, 5.41) is 5.92. The Balaban J connectivity index is 1.23. The molecule has 5 rings (SSSR count). The van der Waals surface area contributed by atoms with Gasteiger partial charge in [-0.2, -0.15) is 5.10 Å². The number of amides is 1. The Morgan fingerprint density at radius 1 is 0.970 bits per heavy atom. The van der Waals surface area contributed by atoms with Crippen LogP contribution in [0.15, 0.2) is 78.2 Å². The van der Waals surface area contributed by atoms with Crippen molar-refractivity contribution in [1.29, 1.82) is 0 Å². The number of rotatable bonds is 6. The maximum atomic E-state index is 13.2. The maximum absolute atomic E-state index is 13.2. The van der Waals surface area contributed by atoms with E-state index in [0.29, 0.717) is 0 Å². The summed E-state index contributed by atoms with van der Waals surface area (Å²) < 4.78 is 1.81. The molecule has 0 spiro atoms. The van der Waals surface area contributed by atoms with Crippen LogP contribution in [0, 0.1) is 0 Å². The predicted octanol–water partition coefficient (Wildman–Crippen LogP) is 3.64. The number of hydrogen-bond donors (Lipinski definition) is 0. The lowest BCUT2D eigenvalue weighted by molar-refractivity contribution is -0.132. The Bertz CT molecular complexity index is 1220. The highest BCUT2D eigenvalue weighted by Crippen LogP contribution is 2.29. The number of fused-ring (bicyclic) bond motifs is 1. The van der Waals surface area contributed by atoms with Crippen LogP contribution in [0.1, 0.15) is 12.5 Å². The van der Waals surface area contributed by atoms with E-state index in [2.05, 4.69) is 44.2 Å². The number of thioether (sulfide) groups is 1. The van der Waals surface area contributed by atoms with E-state index in [0.717, 1.165) is 54.5 Å². The molecule has 1 amide bonds. The normalized spacial score (nSPS) is 15.6. The van der Waals surface area contributed by atoms with Crippen LogP contribution in [-0.2, 0) is 11.3 Å². The van der Waals surface area contributed by atoms with Crippen LogP contribution in [0.5, 0.6) is 0 Å². The molecule has 2 aromatic carbocycles. The van der Waals surface area contributed by atoms with Crippen LogP contribution >= 0.6 is 11.8 Å². The van der Waals surface area contributed by atoms with Gasteiger partial charge in [0.05, 0.1) is 22.5 Å². The van der Waals surface area contributed by atoms with Crippen molar-refractivity contribution >= 4 is 28.7 Å². The monoisotopic (exact) mass is 458 g/mol. The van der Waals surface area contributed by atoms with Gasteiger partial charge < -0.3 is 4.90 Å². The van der Waals surface area contributed by atoms with Gasteiger partial charge in [-0.25, -0.2) is 14.6 Å². The molecule has 168 valence electrons. The van der Waals surface area contributed by atoms with Crippen molar-refractivity contribution in [3.05, 3.63) is 78.8 Å². The number of piperazine rings is 1. The zero-order valence-electron chi connectivity index (χ0n) is 18.5. The molecule has 4 aromatic rings. The van der Waals surface area contributed by atoms with E-state index < -0.39 is 0 Å². The van der Waals surface area contributed by atoms with Gasteiger partial charge in [0.25, 0.3) is 0 Å². The molecule has 0 N–H and O–H groups in total. The molecule has 1 atom stereocenters. The lowest BCUT2D eigenvalue weighted by atomic mass is 10.2. The summed E-state index contributed by atoms with van der Waals surface area (Å²) in [6, 6.07) is 20.4. The fourth-order valence-corrected chi connectivity index (χ4v) is 5.08. The SMILES string of the molecule is CC(Sc1ncnc2c1cnn2-c1ccccc1)C(=O)N1CCN(Cc2ccccc2)CC1. The molecular weight excluding hydrogens is 432 g/mol. The van der Waals surface area contributed by atoms with Crippen LogP contribution in [0.25, 0.3) is 16.7 Å². The first-order valence-electron chi connectivity index (χ1n) is 11.1. The molecule has 1 aliphatic heterocycles. The van der Waals surface area contributed by atoms with Crippen molar-refractivity contribution in [3.8, 4) is 5.69 Å². The van der Waals surface area contributed by atoms with Crippen molar-refractivity contribution in [3.63, 3.8) is 0 Å². The number of hydrogen-bond acceptors (Lipinski definition) is 6. The highest BCUT2D eigenvalue weighted by Gasteiger charge is 2.26. The van der Waals surface area contributed by atoms with Crippen LogP contribution in [-0.4, -0.2) is 66.9 Å². The third-order valence-corrected chi connectivity index (χ3v) is 7.00. The fraction of sp³-hybridized carbons (Fsp3) is 0.280. The second-order valence-corrected chi connectivity index (χ2v) is 9.48. The molecule has 8 heteroatoms. The molecule has 0 bridgehead atoms. The molecule has 1 fully saturated rings. The van der Waals surface area contributed by atoms with Gasteiger partial charge in [-0.15, -0.1) is 0 Å². The third-order valence-electron chi connectivity index (χ3n) is 5.90. The van der Waals surface area contributed by atoms with E-state index in [1.807, 2.05) is 48.2 Å². The maximum Gasteiger partial charge on any atom is 0.235 e. The van der Waals surface area contributed by atoms with Gasteiger partial charge in [0.1, 0.15) is 11.4 Å². The number of nitrogens with zero attached hydrogens (tertiary/aromatic N) is 6. The lowest BCUT2D eigenvalue weighted by Gasteiger charge is -2.35. The van der Waals surface area contributed by atoms with Crippen LogP contribution in [0.4, 0.5) is 0 Å². The standard InChI is InChI=1S/C25H26N6OS/c1-19(25(32)30-14-12-29(13-15-30)17-20-8-4-2-5-9-20)33-24-22-16-28-31(23(22)26-18-27-24)21-10-6-3-7-11-21/h2-11,16,18-19H,12-15,17H2,1H3. The summed E-state index contributed by atoms with van der Waals surface area (Å²) in [5.41, 5.74) is 3.00. The second kappa shape index (κ2) is 9.72. The summed E-state index contributed by atoms with van der Waals surface area (Å²) in [4.78, 5) is 26.4. The molecule has 1 unspecified atom stereocenters. The smallest absolute Gasteiger partial charge is 0.235 e. The largest absolute Gasteiger partial charge is 0.339 e. The van der Waals surface area contributed by atoms with Crippen molar-refractivity contribution < 1.29 is 4.79 Å². The fourth-order valence-electron chi connectivity index (χ4n) is 4.12.